The van der Waals surface area contributed by atoms with E-state index in [1.807, 2.05) is 12.2 Å². The van der Waals surface area contributed by atoms with Crippen molar-refractivity contribution in [2.45, 2.75) is 25.7 Å². The molecule has 2 nitrogen and oxygen atoms in total. The third kappa shape index (κ3) is 8.82. The van der Waals surface area contributed by atoms with Crippen LogP contribution in [-0.4, -0.2) is 12.6 Å². The third-order valence-corrected chi connectivity index (χ3v) is 1.42. The number of carbonyl (C=O) groups is 2. The van der Waals surface area contributed by atoms with Gasteiger partial charge in [-0.3, -0.25) is 9.59 Å². The summed E-state index contributed by atoms with van der Waals surface area (Å²) in [5.41, 5.74) is 0. The van der Waals surface area contributed by atoms with Gasteiger partial charge in [0.05, 0.1) is 0 Å². The van der Waals surface area contributed by atoms with Gasteiger partial charge in [0.2, 0.25) is 0 Å². The summed E-state index contributed by atoms with van der Waals surface area (Å²) >= 11 is 0. The molecular formula is C10H14O2. The van der Waals surface area contributed by atoms with Crippen molar-refractivity contribution in [2.24, 2.45) is 0 Å². The summed E-state index contributed by atoms with van der Waals surface area (Å²) in [4.78, 5) is 19.7. The number of hydrogen-bond acceptors (Lipinski definition) is 2. The van der Waals surface area contributed by atoms with E-state index >= 15 is 0 Å². The first-order chi connectivity index (χ1) is 5.91. The second-order valence-electron chi connectivity index (χ2n) is 2.41. The summed E-state index contributed by atoms with van der Waals surface area (Å²) in [5.74, 6) is 0. The monoisotopic (exact) mass is 166 g/mol. The molecule has 0 fully saturated rings. The lowest BCUT2D eigenvalue weighted by molar-refractivity contribution is -0.104. The van der Waals surface area contributed by atoms with Crippen molar-refractivity contribution < 1.29 is 9.59 Å². The Kier molecular flexibility index (Phi) is 8.85. The zero-order chi connectivity index (χ0) is 9.07. The molecule has 0 aromatic rings. The van der Waals surface area contributed by atoms with Crippen molar-refractivity contribution >= 4 is 12.6 Å². The highest BCUT2D eigenvalue weighted by Gasteiger charge is 1.82. The van der Waals surface area contributed by atoms with Crippen molar-refractivity contribution in [1.29, 1.82) is 0 Å². The maximum absolute atomic E-state index is 9.84. The Morgan fingerprint density at radius 2 is 1.17 bits per heavy atom. The molecular weight excluding hydrogens is 152 g/mol. The predicted molar refractivity (Wildman–Crippen MR) is 48.9 cm³/mol. The van der Waals surface area contributed by atoms with Crippen LogP contribution in [-0.2, 0) is 9.59 Å². The maximum Gasteiger partial charge on any atom is 0.142 e. The minimum Gasteiger partial charge on any atom is -0.299 e. The highest BCUT2D eigenvalue weighted by molar-refractivity contribution is 5.64. The van der Waals surface area contributed by atoms with Gasteiger partial charge >= 0.3 is 0 Å². The molecule has 0 amide bonds. The van der Waals surface area contributed by atoms with Gasteiger partial charge < -0.3 is 0 Å². The minimum atomic E-state index is 0.784. The van der Waals surface area contributed by atoms with E-state index in [-0.39, 0.29) is 0 Å². The fraction of sp³-hybridized carbons (Fsp3) is 0.400. The Morgan fingerprint density at radius 3 is 1.50 bits per heavy atom. The molecule has 0 N–H and O–H groups in total. The summed E-state index contributed by atoms with van der Waals surface area (Å²) in [5, 5.41) is 0. The molecule has 0 aromatic heterocycles. The van der Waals surface area contributed by atoms with Crippen LogP contribution < -0.4 is 0 Å². The predicted octanol–water partition coefficient (Wildman–Crippen LogP) is 2.06. The molecule has 0 atom stereocenters. The average Bonchev–Trinajstić information content (AvgIpc) is 2.10. The van der Waals surface area contributed by atoms with E-state index in [1.54, 1.807) is 0 Å². The topological polar surface area (TPSA) is 34.1 Å². The molecule has 0 unspecified atom stereocenters. The van der Waals surface area contributed by atoms with Crippen LogP contribution in [0.25, 0.3) is 0 Å². The van der Waals surface area contributed by atoms with Gasteiger partial charge in [-0.05, 0) is 37.8 Å². The lowest BCUT2D eigenvalue weighted by Crippen LogP contribution is -1.73. The highest BCUT2D eigenvalue weighted by atomic mass is 16.1. The first-order valence-electron chi connectivity index (χ1n) is 4.12. The summed E-state index contributed by atoms with van der Waals surface area (Å²) < 4.78 is 0. The summed E-state index contributed by atoms with van der Waals surface area (Å²) in [7, 11) is 0. The molecule has 0 rings (SSSR count). The molecule has 2 heteroatoms. The van der Waals surface area contributed by atoms with Gasteiger partial charge in [-0.15, -0.1) is 0 Å². The smallest absolute Gasteiger partial charge is 0.142 e. The number of unbranched alkanes of at least 4 members (excludes halogenated alkanes) is 3. The Morgan fingerprint density at radius 1 is 0.750 bits per heavy atom. The van der Waals surface area contributed by atoms with E-state index in [0.717, 1.165) is 38.3 Å². The second kappa shape index (κ2) is 9.82. The minimum absolute atomic E-state index is 0.784. The molecule has 0 heterocycles. The Balaban J connectivity index is 3.10. The SMILES string of the molecule is O=C/C=C/CCCC/C=C/C=O. The summed E-state index contributed by atoms with van der Waals surface area (Å²) in [6.45, 7) is 0. The fourth-order valence-corrected chi connectivity index (χ4v) is 0.828. The van der Waals surface area contributed by atoms with Crippen LogP contribution in [0, 0.1) is 0 Å². The normalized spacial score (nSPS) is 11.0. The first kappa shape index (κ1) is 10.8. The molecule has 0 bridgehead atoms. The zero-order valence-electron chi connectivity index (χ0n) is 7.11. The van der Waals surface area contributed by atoms with Gasteiger partial charge in [-0.25, -0.2) is 0 Å². The first-order valence-corrected chi connectivity index (χ1v) is 4.12. The van der Waals surface area contributed by atoms with Gasteiger partial charge in [0.25, 0.3) is 0 Å². The van der Waals surface area contributed by atoms with Crippen LogP contribution in [0.2, 0.25) is 0 Å². The van der Waals surface area contributed by atoms with Crippen molar-refractivity contribution in [3.05, 3.63) is 24.3 Å². The lowest BCUT2D eigenvalue weighted by atomic mass is 10.2. The molecule has 0 saturated heterocycles. The lowest BCUT2D eigenvalue weighted by Gasteiger charge is -1.90. The number of carbonyl (C=O) groups excluding carboxylic acids is 2. The highest BCUT2D eigenvalue weighted by Crippen LogP contribution is 2.00. The van der Waals surface area contributed by atoms with E-state index in [2.05, 4.69) is 0 Å². The van der Waals surface area contributed by atoms with Crippen LogP contribution in [0.15, 0.2) is 24.3 Å². The number of allylic oxidation sites excluding steroid dienone is 4. The van der Waals surface area contributed by atoms with E-state index in [1.165, 1.54) is 12.2 Å². The largest absolute Gasteiger partial charge is 0.299 e. The number of rotatable bonds is 7. The third-order valence-electron chi connectivity index (χ3n) is 1.42. The molecule has 12 heavy (non-hydrogen) atoms. The molecule has 66 valence electrons. The molecule has 0 aliphatic rings. The number of hydrogen-bond donors (Lipinski definition) is 0. The molecule has 0 spiro atoms. The van der Waals surface area contributed by atoms with Crippen LogP contribution in [0.1, 0.15) is 25.7 Å². The van der Waals surface area contributed by atoms with E-state index in [4.69, 9.17) is 0 Å². The maximum atomic E-state index is 9.84. The van der Waals surface area contributed by atoms with Gasteiger partial charge in [0.15, 0.2) is 0 Å². The van der Waals surface area contributed by atoms with Crippen molar-refractivity contribution in [3.8, 4) is 0 Å². The van der Waals surface area contributed by atoms with Gasteiger partial charge in [-0.1, -0.05) is 12.2 Å². The zero-order valence-corrected chi connectivity index (χ0v) is 7.11. The van der Waals surface area contributed by atoms with Gasteiger partial charge in [0, 0.05) is 0 Å². The van der Waals surface area contributed by atoms with Crippen LogP contribution in [0.3, 0.4) is 0 Å². The van der Waals surface area contributed by atoms with E-state index in [0.29, 0.717) is 0 Å². The fourth-order valence-electron chi connectivity index (χ4n) is 0.828. The Bertz CT molecular complexity index is 149. The molecule has 0 aromatic carbocycles. The van der Waals surface area contributed by atoms with Crippen molar-refractivity contribution in [3.63, 3.8) is 0 Å². The van der Waals surface area contributed by atoms with Gasteiger partial charge in [0.1, 0.15) is 12.6 Å². The average molecular weight is 166 g/mol. The molecule has 0 aliphatic carbocycles. The van der Waals surface area contributed by atoms with E-state index < -0.39 is 0 Å². The standard InChI is InChI=1S/C10H14O2/c11-9-7-5-3-1-2-4-6-8-10-12/h5-10H,1-4H2/b7-5+,8-6+. The summed E-state index contributed by atoms with van der Waals surface area (Å²) in [6, 6.07) is 0. The van der Waals surface area contributed by atoms with Crippen LogP contribution in [0.4, 0.5) is 0 Å². The number of aldehydes is 2. The molecule has 0 saturated carbocycles. The molecule has 0 radical (unpaired) electrons. The van der Waals surface area contributed by atoms with Crippen LogP contribution in [0.5, 0.6) is 0 Å². The van der Waals surface area contributed by atoms with Crippen LogP contribution >= 0.6 is 0 Å². The van der Waals surface area contributed by atoms with Gasteiger partial charge in [-0.2, -0.15) is 0 Å². The van der Waals surface area contributed by atoms with E-state index in [9.17, 15) is 9.59 Å². The molecule has 0 aliphatic heterocycles. The summed E-state index contributed by atoms with van der Waals surface area (Å²) in [6.07, 6.45) is 12.3. The Labute approximate surface area is 73.0 Å². The van der Waals surface area contributed by atoms with Crippen molar-refractivity contribution in [2.75, 3.05) is 0 Å². The second-order valence-corrected chi connectivity index (χ2v) is 2.41. The quantitative estimate of drug-likeness (QED) is 0.329. The van der Waals surface area contributed by atoms with Crippen molar-refractivity contribution in [1.82, 2.24) is 0 Å². The Hall–Kier alpha value is -1.18.